The molecule has 23 heavy (non-hydrogen) atoms. The maximum absolute atomic E-state index is 12.7. The van der Waals surface area contributed by atoms with Crippen molar-refractivity contribution in [2.24, 2.45) is 0 Å². The van der Waals surface area contributed by atoms with Crippen molar-refractivity contribution in [3.8, 4) is 0 Å². The van der Waals surface area contributed by atoms with Gasteiger partial charge >= 0.3 is 0 Å². The molecule has 0 aliphatic carbocycles. The van der Waals surface area contributed by atoms with Gasteiger partial charge in [-0.2, -0.15) is 0 Å². The Morgan fingerprint density at radius 3 is 2.57 bits per heavy atom. The highest BCUT2D eigenvalue weighted by Gasteiger charge is 2.27. The molecule has 7 heteroatoms. The van der Waals surface area contributed by atoms with Gasteiger partial charge in [0.15, 0.2) is 0 Å². The highest BCUT2D eigenvalue weighted by Crippen LogP contribution is 2.22. The van der Waals surface area contributed by atoms with Gasteiger partial charge < -0.3 is 9.30 Å². The molecule has 126 valence electrons. The molecule has 1 aliphatic rings. The summed E-state index contributed by atoms with van der Waals surface area (Å²) in [6.07, 6.45) is 0. The lowest BCUT2D eigenvalue weighted by atomic mass is 10.3. The molecule has 1 aromatic carbocycles. The number of hydrogen-bond donors (Lipinski definition) is 0. The molecule has 1 aliphatic heterocycles. The average molecular weight is 337 g/mol. The molecule has 0 spiro atoms. The Kier molecular flexibility index (Phi) is 4.70. The fourth-order valence-electron chi connectivity index (χ4n) is 2.76. The third-order valence-electron chi connectivity index (χ3n) is 4.24. The fraction of sp³-hybridized carbons (Fsp3) is 0.562. The molecule has 0 bridgehead atoms. The minimum absolute atomic E-state index is 0.182. The lowest BCUT2D eigenvalue weighted by Gasteiger charge is -2.27. The van der Waals surface area contributed by atoms with Gasteiger partial charge in [-0.1, -0.05) is 12.1 Å². The minimum Gasteiger partial charge on any atom is -0.379 e. The van der Waals surface area contributed by atoms with Crippen LogP contribution in [0, 0.1) is 0 Å². The van der Waals surface area contributed by atoms with Crippen LogP contribution in [0.4, 0.5) is 0 Å². The maximum atomic E-state index is 12.7. The summed E-state index contributed by atoms with van der Waals surface area (Å²) >= 11 is 0. The summed E-state index contributed by atoms with van der Waals surface area (Å²) in [5.74, 6) is 0. The van der Waals surface area contributed by atoms with Crippen molar-refractivity contribution in [1.29, 1.82) is 0 Å². The number of morpholine rings is 1. The van der Waals surface area contributed by atoms with Gasteiger partial charge in [-0.05, 0) is 26.0 Å². The summed E-state index contributed by atoms with van der Waals surface area (Å²) in [5, 5.41) is -0.302. The van der Waals surface area contributed by atoms with E-state index in [4.69, 9.17) is 4.74 Å². The second-order valence-electron chi connectivity index (χ2n) is 6.08. The molecule has 0 saturated carbocycles. The molecule has 0 N–H and O–H groups in total. The number of para-hydroxylation sites is 2. The third-order valence-corrected chi connectivity index (χ3v) is 6.30. The van der Waals surface area contributed by atoms with Crippen LogP contribution in [-0.2, 0) is 21.1 Å². The maximum Gasteiger partial charge on any atom is 0.229 e. The van der Waals surface area contributed by atoms with Gasteiger partial charge in [0, 0.05) is 26.2 Å². The fourth-order valence-corrected chi connectivity index (χ4v) is 3.91. The first-order valence-electron chi connectivity index (χ1n) is 7.99. The second-order valence-corrected chi connectivity index (χ2v) is 8.48. The van der Waals surface area contributed by atoms with Gasteiger partial charge in [-0.25, -0.2) is 13.4 Å². The van der Waals surface area contributed by atoms with Crippen LogP contribution in [0.3, 0.4) is 0 Å². The van der Waals surface area contributed by atoms with Crippen molar-refractivity contribution in [1.82, 2.24) is 14.5 Å². The Morgan fingerprint density at radius 1 is 1.17 bits per heavy atom. The van der Waals surface area contributed by atoms with Crippen LogP contribution < -0.4 is 0 Å². The highest BCUT2D eigenvalue weighted by atomic mass is 32.2. The number of imidazole rings is 1. The van der Waals surface area contributed by atoms with Gasteiger partial charge in [0.2, 0.25) is 15.0 Å². The van der Waals surface area contributed by atoms with Crippen LogP contribution in [0.25, 0.3) is 11.0 Å². The monoisotopic (exact) mass is 337 g/mol. The number of sulfone groups is 1. The Labute approximate surface area is 137 Å². The lowest BCUT2D eigenvalue weighted by Crippen LogP contribution is -2.38. The number of aromatic nitrogens is 2. The highest BCUT2D eigenvalue weighted by molar-refractivity contribution is 7.91. The molecule has 0 radical (unpaired) electrons. The summed E-state index contributed by atoms with van der Waals surface area (Å²) in [4.78, 5) is 6.70. The first-order chi connectivity index (χ1) is 11.0. The van der Waals surface area contributed by atoms with Crippen molar-refractivity contribution in [3.05, 3.63) is 24.3 Å². The molecule has 0 atom stereocenters. The zero-order valence-electron chi connectivity index (χ0n) is 13.6. The molecule has 2 heterocycles. The number of rotatable bonds is 5. The van der Waals surface area contributed by atoms with E-state index in [0.29, 0.717) is 6.54 Å². The largest absolute Gasteiger partial charge is 0.379 e. The Bertz CT molecular complexity index is 777. The number of ether oxygens (including phenoxy) is 1. The Hall–Kier alpha value is -1.44. The summed E-state index contributed by atoms with van der Waals surface area (Å²) < 4.78 is 32.5. The number of nitrogens with zero attached hydrogens (tertiary/aromatic N) is 3. The normalized spacial score (nSPS) is 17.2. The second kappa shape index (κ2) is 6.59. The average Bonchev–Trinajstić information content (AvgIpc) is 2.93. The van der Waals surface area contributed by atoms with Crippen LogP contribution >= 0.6 is 0 Å². The molecule has 3 rings (SSSR count). The van der Waals surface area contributed by atoms with Gasteiger partial charge in [0.1, 0.15) is 0 Å². The van der Waals surface area contributed by atoms with Crippen molar-refractivity contribution >= 4 is 20.9 Å². The first kappa shape index (κ1) is 16.4. The van der Waals surface area contributed by atoms with E-state index in [2.05, 4.69) is 9.88 Å². The number of fused-ring (bicyclic) bond motifs is 1. The summed E-state index contributed by atoms with van der Waals surface area (Å²) in [7, 11) is -3.41. The quantitative estimate of drug-likeness (QED) is 0.828. The van der Waals surface area contributed by atoms with Gasteiger partial charge in [-0.3, -0.25) is 4.90 Å². The van der Waals surface area contributed by atoms with Crippen molar-refractivity contribution < 1.29 is 13.2 Å². The molecule has 2 aromatic rings. The third kappa shape index (κ3) is 3.27. The predicted molar refractivity (Wildman–Crippen MR) is 89.3 cm³/mol. The van der Waals surface area contributed by atoms with E-state index < -0.39 is 15.1 Å². The van der Waals surface area contributed by atoms with E-state index in [-0.39, 0.29) is 5.16 Å². The Morgan fingerprint density at radius 2 is 1.87 bits per heavy atom. The molecule has 0 unspecified atom stereocenters. The predicted octanol–water partition coefficient (Wildman–Crippen LogP) is 1.55. The van der Waals surface area contributed by atoms with Crippen LogP contribution in [0.5, 0.6) is 0 Å². The van der Waals surface area contributed by atoms with E-state index in [1.54, 1.807) is 13.8 Å². The SMILES string of the molecule is CC(C)S(=O)(=O)c1nc2ccccc2n1CCN1CCOCC1. The van der Waals surface area contributed by atoms with Crippen LogP contribution in [0.1, 0.15) is 13.8 Å². The van der Waals surface area contributed by atoms with Crippen LogP contribution in [0.2, 0.25) is 0 Å². The van der Waals surface area contributed by atoms with E-state index >= 15 is 0 Å². The van der Waals surface area contributed by atoms with Crippen molar-refractivity contribution in [2.45, 2.75) is 30.8 Å². The standard InChI is InChI=1S/C16H23N3O3S/c1-13(2)23(20,21)16-17-14-5-3-4-6-15(14)19(16)8-7-18-9-11-22-12-10-18/h3-6,13H,7-12H2,1-2H3. The zero-order chi connectivity index (χ0) is 16.4. The lowest BCUT2D eigenvalue weighted by molar-refractivity contribution is 0.0362. The van der Waals surface area contributed by atoms with E-state index in [9.17, 15) is 8.42 Å². The number of benzene rings is 1. The van der Waals surface area contributed by atoms with Gasteiger partial charge in [0.25, 0.3) is 0 Å². The van der Waals surface area contributed by atoms with E-state index in [1.807, 2.05) is 28.8 Å². The minimum atomic E-state index is -3.41. The first-order valence-corrected chi connectivity index (χ1v) is 9.54. The van der Waals surface area contributed by atoms with Gasteiger partial charge in [0.05, 0.1) is 29.5 Å². The number of hydrogen-bond acceptors (Lipinski definition) is 5. The summed E-state index contributed by atoms with van der Waals surface area (Å²) in [5.41, 5.74) is 1.61. The van der Waals surface area contributed by atoms with E-state index in [0.717, 1.165) is 43.9 Å². The molecule has 0 amide bonds. The van der Waals surface area contributed by atoms with Crippen LogP contribution in [-0.4, -0.2) is 61.0 Å². The zero-order valence-corrected chi connectivity index (χ0v) is 14.4. The topological polar surface area (TPSA) is 64.4 Å². The smallest absolute Gasteiger partial charge is 0.229 e. The van der Waals surface area contributed by atoms with Gasteiger partial charge in [-0.15, -0.1) is 0 Å². The van der Waals surface area contributed by atoms with Crippen LogP contribution in [0.15, 0.2) is 29.4 Å². The molecule has 1 saturated heterocycles. The molecular formula is C16H23N3O3S. The summed E-state index contributed by atoms with van der Waals surface area (Å²) in [6, 6.07) is 7.59. The van der Waals surface area contributed by atoms with E-state index in [1.165, 1.54) is 0 Å². The molecule has 1 aromatic heterocycles. The summed E-state index contributed by atoms with van der Waals surface area (Å²) in [6.45, 7) is 8.05. The molecule has 6 nitrogen and oxygen atoms in total. The Balaban J connectivity index is 1.96. The molecule has 1 fully saturated rings. The van der Waals surface area contributed by atoms with Crippen molar-refractivity contribution in [2.75, 3.05) is 32.8 Å². The van der Waals surface area contributed by atoms with Crippen molar-refractivity contribution in [3.63, 3.8) is 0 Å². The molecular weight excluding hydrogens is 314 g/mol.